The smallest absolute Gasteiger partial charge is 0.142 e. The van der Waals surface area contributed by atoms with E-state index < -0.39 is 0 Å². The van der Waals surface area contributed by atoms with E-state index in [9.17, 15) is 0 Å². The fraction of sp³-hybridized carbons (Fsp3) is 0.250. The summed E-state index contributed by atoms with van der Waals surface area (Å²) in [6, 6.07) is 14.5. The number of ether oxygens (including phenoxy) is 2. The van der Waals surface area contributed by atoms with Crippen LogP contribution in [0.5, 0.6) is 11.5 Å². The number of fused-ring (bicyclic) bond motifs is 1. The Labute approximate surface area is 113 Å². The van der Waals surface area contributed by atoms with E-state index in [1.165, 1.54) is 11.1 Å². The van der Waals surface area contributed by atoms with Gasteiger partial charge >= 0.3 is 0 Å². The molecule has 0 bridgehead atoms. The molecule has 0 radical (unpaired) electrons. The summed E-state index contributed by atoms with van der Waals surface area (Å²) in [5, 5.41) is 3.51. The molecule has 3 nitrogen and oxygen atoms in total. The monoisotopic (exact) mass is 255 g/mol. The first-order chi connectivity index (χ1) is 9.26. The number of hydrogen-bond donors (Lipinski definition) is 1. The molecule has 0 amide bonds. The van der Waals surface area contributed by atoms with Crippen molar-refractivity contribution in [2.75, 3.05) is 19.0 Å². The van der Waals surface area contributed by atoms with Crippen molar-refractivity contribution in [2.24, 2.45) is 0 Å². The maximum absolute atomic E-state index is 5.83. The van der Waals surface area contributed by atoms with Crippen molar-refractivity contribution < 1.29 is 9.47 Å². The second kappa shape index (κ2) is 4.84. The Morgan fingerprint density at radius 2 is 1.95 bits per heavy atom. The molecule has 1 unspecified atom stereocenters. The molecule has 1 aliphatic rings. The highest BCUT2D eigenvalue weighted by molar-refractivity contribution is 5.60. The van der Waals surface area contributed by atoms with Crippen LogP contribution in [0, 0.1) is 6.92 Å². The highest BCUT2D eigenvalue weighted by Crippen LogP contribution is 2.34. The van der Waals surface area contributed by atoms with Crippen LogP contribution < -0.4 is 14.8 Å². The molecule has 0 saturated heterocycles. The van der Waals surface area contributed by atoms with E-state index in [1.54, 1.807) is 7.11 Å². The van der Waals surface area contributed by atoms with Gasteiger partial charge in [0, 0.05) is 0 Å². The first kappa shape index (κ1) is 11.9. The second-order valence-corrected chi connectivity index (χ2v) is 4.78. The van der Waals surface area contributed by atoms with Gasteiger partial charge in [-0.05, 0) is 42.3 Å². The molecule has 3 heteroatoms. The van der Waals surface area contributed by atoms with Crippen LogP contribution in [0.4, 0.5) is 5.69 Å². The van der Waals surface area contributed by atoms with Crippen molar-refractivity contribution in [1.82, 2.24) is 0 Å². The third-order valence-corrected chi connectivity index (χ3v) is 3.39. The molecule has 1 aliphatic heterocycles. The van der Waals surface area contributed by atoms with Crippen LogP contribution in [0.2, 0.25) is 0 Å². The molecule has 1 atom stereocenters. The molecule has 0 aliphatic carbocycles. The molecule has 0 saturated carbocycles. The van der Waals surface area contributed by atoms with Crippen molar-refractivity contribution in [2.45, 2.75) is 13.0 Å². The molecule has 19 heavy (non-hydrogen) atoms. The van der Waals surface area contributed by atoms with Crippen LogP contribution in [0.3, 0.4) is 0 Å². The average Bonchev–Trinajstić information content (AvgIpc) is 2.47. The SMILES string of the molecule is COc1ccc(C2COc3cc(C)ccc3N2)cc1. The minimum Gasteiger partial charge on any atom is -0.497 e. The standard InChI is InChI=1S/C16H17NO2/c1-11-3-8-14-16(9-11)19-10-15(17-14)12-4-6-13(18-2)7-5-12/h3-9,15,17H,10H2,1-2H3. The number of methoxy groups -OCH3 is 1. The summed E-state index contributed by atoms with van der Waals surface area (Å²) < 4.78 is 11.0. The van der Waals surface area contributed by atoms with Gasteiger partial charge in [-0.2, -0.15) is 0 Å². The summed E-state index contributed by atoms with van der Waals surface area (Å²) in [6.45, 7) is 2.71. The molecular weight excluding hydrogens is 238 g/mol. The Balaban J connectivity index is 1.82. The number of hydrogen-bond acceptors (Lipinski definition) is 3. The zero-order valence-corrected chi connectivity index (χ0v) is 11.1. The van der Waals surface area contributed by atoms with Crippen molar-refractivity contribution in [1.29, 1.82) is 0 Å². The zero-order valence-electron chi connectivity index (χ0n) is 11.1. The molecule has 1 heterocycles. The van der Waals surface area contributed by atoms with Gasteiger partial charge in [0.25, 0.3) is 0 Å². The van der Waals surface area contributed by atoms with E-state index in [4.69, 9.17) is 9.47 Å². The Morgan fingerprint density at radius 3 is 2.68 bits per heavy atom. The largest absolute Gasteiger partial charge is 0.497 e. The Bertz CT molecular complexity index is 578. The van der Waals surface area contributed by atoms with Crippen LogP contribution >= 0.6 is 0 Å². The number of aryl methyl sites for hydroxylation is 1. The van der Waals surface area contributed by atoms with E-state index in [0.717, 1.165) is 17.2 Å². The zero-order chi connectivity index (χ0) is 13.2. The molecule has 0 aromatic heterocycles. The summed E-state index contributed by atoms with van der Waals surface area (Å²) >= 11 is 0. The lowest BCUT2D eigenvalue weighted by molar-refractivity contribution is 0.286. The fourth-order valence-corrected chi connectivity index (χ4v) is 2.29. The lowest BCUT2D eigenvalue weighted by Gasteiger charge is -2.28. The molecule has 2 aromatic carbocycles. The minimum absolute atomic E-state index is 0.182. The van der Waals surface area contributed by atoms with Gasteiger partial charge in [-0.1, -0.05) is 18.2 Å². The molecule has 0 spiro atoms. The third-order valence-electron chi connectivity index (χ3n) is 3.39. The van der Waals surface area contributed by atoms with E-state index in [2.05, 4.69) is 42.6 Å². The van der Waals surface area contributed by atoms with Crippen molar-refractivity contribution in [3.8, 4) is 11.5 Å². The van der Waals surface area contributed by atoms with Crippen molar-refractivity contribution in [3.63, 3.8) is 0 Å². The van der Waals surface area contributed by atoms with Gasteiger partial charge in [-0.3, -0.25) is 0 Å². The number of nitrogens with one attached hydrogen (secondary N) is 1. The first-order valence-electron chi connectivity index (χ1n) is 6.40. The van der Waals surface area contributed by atoms with Gasteiger partial charge in [-0.15, -0.1) is 0 Å². The Hall–Kier alpha value is -2.16. The highest BCUT2D eigenvalue weighted by Gasteiger charge is 2.20. The van der Waals surface area contributed by atoms with Gasteiger partial charge in [0.15, 0.2) is 0 Å². The summed E-state index contributed by atoms with van der Waals surface area (Å²) in [5.41, 5.74) is 3.47. The van der Waals surface area contributed by atoms with Gasteiger partial charge in [0.1, 0.15) is 18.1 Å². The molecule has 98 valence electrons. The van der Waals surface area contributed by atoms with Gasteiger partial charge < -0.3 is 14.8 Å². The minimum atomic E-state index is 0.182. The molecule has 3 rings (SSSR count). The van der Waals surface area contributed by atoms with Crippen molar-refractivity contribution >= 4 is 5.69 Å². The molecule has 2 aromatic rings. The van der Waals surface area contributed by atoms with Crippen LogP contribution in [-0.4, -0.2) is 13.7 Å². The van der Waals surface area contributed by atoms with Crippen LogP contribution in [0.15, 0.2) is 42.5 Å². The summed E-state index contributed by atoms with van der Waals surface area (Å²) in [4.78, 5) is 0. The predicted molar refractivity (Wildman–Crippen MR) is 76.0 cm³/mol. The van der Waals surface area contributed by atoms with Crippen LogP contribution in [0.25, 0.3) is 0 Å². The van der Waals surface area contributed by atoms with Crippen molar-refractivity contribution in [3.05, 3.63) is 53.6 Å². The van der Waals surface area contributed by atoms with Crippen LogP contribution in [-0.2, 0) is 0 Å². The Kier molecular flexibility index (Phi) is 3.03. The molecule has 0 fully saturated rings. The quantitative estimate of drug-likeness (QED) is 0.890. The predicted octanol–water partition coefficient (Wildman–Crippen LogP) is 3.55. The van der Waals surface area contributed by atoms with Crippen LogP contribution in [0.1, 0.15) is 17.2 Å². The number of anilines is 1. The van der Waals surface area contributed by atoms with E-state index in [-0.39, 0.29) is 6.04 Å². The lowest BCUT2D eigenvalue weighted by atomic mass is 10.1. The van der Waals surface area contributed by atoms with Gasteiger partial charge in [0.05, 0.1) is 18.8 Å². The maximum Gasteiger partial charge on any atom is 0.142 e. The average molecular weight is 255 g/mol. The highest BCUT2D eigenvalue weighted by atomic mass is 16.5. The van der Waals surface area contributed by atoms with E-state index in [0.29, 0.717) is 6.61 Å². The third kappa shape index (κ3) is 2.36. The van der Waals surface area contributed by atoms with E-state index >= 15 is 0 Å². The Morgan fingerprint density at radius 1 is 1.16 bits per heavy atom. The lowest BCUT2D eigenvalue weighted by Crippen LogP contribution is -2.23. The summed E-state index contributed by atoms with van der Waals surface area (Å²) in [7, 11) is 1.68. The number of benzene rings is 2. The summed E-state index contributed by atoms with van der Waals surface area (Å²) in [5.74, 6) is 1.81. The second-order valence-electron chi connectivity index (χ2n) is 4.78. The maximum atomic E-state index is 5.83. The molecular formula is C16H17NO2. The van der Waals surface area contributed by atoms with Gasteiger partial charge in [0.2, 0.25) is 0 Å². The van der Waals surface area contributed by atoms with Gasteiger partial charge in [-0.25, -0.2) is 0 Å². The normalized spacial score (nSPS) is 17.1. The first-order valence-corrected chi connectivity index (χ1v) is 6.40. The molecule has 1 N–H and O–H groups in total. The topological polar surface area (TPSA) is 30.5 Å². The summed E-state index contributed by atoms with van der Waals surface area (Å²) in [6.07, 6.45) is 0. The van der Waals surface area contributed by atoms with E-state index in [1.807, 2.05) is 12.1 Å². The fourth-order valence-electron chi connectivity index (χ4n) is 2.29. The number of rotatable bonds is 2.